The molecular weight excluding hydrogens is 212 g/mol. The van der Waals surface area contributed by atoms with Crippen molar-refractivity contribution in [2.75, 3.05) is 30.3 Å². The highest BCUT2D eigenvalue weighted by Gasteiger charge is 2.07. The van der Waals surface area contributed by atoms with Crippen LogP contribution in [0, 0.1) is 0 Å². The summed E-state index contributed by atoms with van der Waals surface area (Å²) < 4.78 is 5.65. The van der Waals surface area contributed by atoms with Gasteiger partial charge < -0.3 is 15.4 Å². The van der Waals surface area contributed by atoms with Crippen LogP contribution >= 0.6 is 0 Å². The quantitative estimate of drug-likeness (QED) is 0.738. The molecule has 0 saturated heterocycles. The normalized spacial score (nSPS) is 10.3. The second-order valence-corrected chi connectivity index (χ2v) is 4.15. The van der Waals surface area contributed by atoms with Crippen LogP contribution in [0.25, 0.3) is 0 Å². The predicted octanol–water partition coefficient (Wildman–Crippen LogP) is 3.29. The van der Waals surface area contributed by atoms with Crippen LogP contribution in [-0.4, -0.2) is 19.7 Å². The van der Waals surface area contributed by atoms with Crippen LogP contribution < -0.4 is 15.4 Å². The average molecular weight is 236 g/mol. The fourth-order valence-corrected chi connectivity index (χ4v) is 1.80. The molecule has 0 aliphatic rings. The summed E-state index contributed by atoms with van der Waals surface area (Å²) in [5.74, 6) is 0.805. The van der Waals surface area contributed by atoms with E-state index < -0.39 is 0 Å². The highest BCUT2D eigenvalue weighted by molar-refractivity contribution is 5.62. The van der Waals surface area contributed by atoms with Crippen molar-refractivity contribution in [2.24, 2.45) is 0 Å². The zero-order chi connectivity index (χ0) is 12.7. The van der Waals surface area contributed by atoms with Crippen molar-refractivity contribution in [1.82, 2.24) is 0 Å². The van der Waals surface area contributed by atoms with Crippen LogP contribution in [0.2, 0.25) is 0 Å². The maximum absolute atomic E-state index is 5.90. The van der Waals surface area contributed by atoms with E-state index in [9.17, 15) is 0 Å². The molecular formula is C14H24N2O. The lowest BCUT2D eigenvalue weighted by Gasteiger charge is -2.23. The second-order valence-electron chi connectivity index (χ2n) is 4.15. The largest absolute Gasteiger partial charge is 0.491 e. The molecule has 3 heteroatoms. The Morgan fingerprint density at radius 1 is 1.18 bits per heavy atom. The number of anilines is 2. The number of hydrogen-bond acceptors (Lipinski definition) is 3. The Balaban J connectivity index is 2.85. The van der Waals surface area contributed by atoms with Gasteiger partial charge in [0.15, 0.2) is 0 Å². The molecule has 0 spiro atoms. The second kappa shape index (κ2) is 7.05. The highest BCUT2D eigenvalue weighted by Crippen LogP contribution is 2.28. The number of ether oxygens (including phenoxy) is 1. The van der Waals surface area contributed by atoms with E-state index in [1.165, 1.54) is 5.69 Å². The predicted molar refractivity (Wildman–Crippen MR) is 74.8 cm³/mol. The zero-order valence-electron chi connectivity index (χ0n) is 11.2. The van der Waals surface area contributed by atoms with Crippen LogP contribution in [-0.2, 0) is 0 Å². The molecule has 0 atom stereocenters. The lowest BCUT2D eigenvalue weighted by atomic mass is 10.2. The van der Waals surface area contributed by atoms with Crippen LogP contribution in [0.5, 0.6) is 5.75 Å². The number of rotatable bonds is 7. The number of benzene rings is 1. The minimum atomic E-state index is 0.716. The van der Waals surface area contributed by atoms with E-state index in [2.05, 4.69) is 31.7 Å². The first kappa shape index (κ1) is 13.7. The fraction of sp³-hybridized carbons (Fsp3) is 0.571. The van der Waals surface area contributed by atoms with E-state index in [-0.39, 0.29) is 0 Å². The number of hydrogen-bond donors (Lipinski definition) is 1. The first-order valence-electron chi connectivity index (χ1n) is 6.50. The van der Waals surface area contributed by atoms with Gasteiger partial charge in [0.1, 0.15) is 5.75 Å². The molecule has 0 unspecified atom stereocenters. The molecule has 0 heterocycles. The van der Waals surface area contributed by atoms with E-state index in [0.717, 1.165) is 37.4 Å². The molecule has 0 aliphatic carbocycles. The van der Waals surface area contributed by atoms with Gasteiger partial charge in [-0.15, -0.1) is 0 Å². The van der Waals surface area contributed by atoms with E-state index >= 15 is 0 Å². The Morgan fingerprint density at radius 2 is 1.94 bits per heavy atom. The summed E-state index contributed by atoms with van der Waals surface area (Å²) in [6, 6.07) is 6.04. The van der Waals surface area contributed by atoms with Gasteiger partial charge in [0.05, 0.1) is 12.3 Å². The molecule has 1 aromatic rings. The molecule has 0 saturated carbocycles. The van der Waals surface area contributed by atoms with Gasteiger partial charge in [-0.2, -0.15) is 0 Å². The van der Waals surface area contributed by atoms with Crippen LogP contribution in [0.4, 0.5) is 11.4 Å². The van der Waals surface area contributed by atoms with Crippen molar-refractivity contribution in [3.63, 3.8) is 0 Å². The number of nitrogen functional groups attached to an aromatic ring is 1. The maximum Gasteiger partial charge on any atom is 0.144 e. The van der Waals surface area contributed by atoms with E-state index in [0.29, 0.717) is 6.61 Å². The minimum absolute atomic E-state index is 0.716. The molecule has 0 radical (unpaired) electrons. The lowest BCUT2D eigenvalue weighted by Crippen LogP contribution is -2.23. The Hall–Kier alpha value is -1.38. The number of nitrogens with zero attached hydrogens (tertiary/aromatic N) is 1. The third-order valence-electron chi connectivity index (χ3n) is 2.70. The zero-order valence-corrected chi connectivity index (χ0v) is 11.2. The van der Waals surface area contributed by atoms with Crippen molar-refractivity contribution in [2.45, 2.75) is 33.6 Å². The van der Waals surface area contributed by atoms with Gasteiger partial charge in [0, 0.05) is 24.8 Å². The van der Waals surface area contributed by atoms with Gasteiger partial charge in [-0.1, -0.05) is 13.8 Å². The first-order chi connectivity index (χ1) is 8.22. The van der Waals surface area contributed by atoms with E-state index in [1.807, 2.05) is 12.1 Å². The fourth-order valence-electron chi connectivity index (χ4n) is 1.80. The summed E-state index contributed by atoms with van der Waals surface area (Å²) in [4.78, 5) is 2.33. The molecule has 0 amide bonds. The molecule has 1 aromatic carbocycles. The Kier molecular flexibility index (Phi) is 5.67. The van der Waals surface area contributed by atoms with Crippen molar-refractivity contribution >= 4 is 11.4 Å². The molecule has 0 aliphatic heterocycles. The summed E-state index contributed by atoms with van der Waals surface area (Å²) in [5, 5.41) is 0. The lowest BCUT2D eigenvalue weighted by molar-refractivity contribution is 0.319. The van der Waals surface area contributed by atoms with Crippen LogP contribution in [0.1, 0.15) is 33.6 Å². The van der Waals surface area contributed by atoms with Gasteiger partial charge in [0.2, 0.25) is 0 Å². The van der Waals surface area contributed by atoms with E-state index in [1.54, 1.807) is 0 Å². The van der Waals surface area contributed by atoms with Gasteiger partial charge in [-0.05, 0) is 31.9 Å². The molecule has 0 bridgehead atoms. The maximum atomic E-state index is 5.90. The molecule has 17 heavy (non-hydrogen) atoms. The molecule has 3 nitrogen and oxygen atoms in total. The Morgan fingerprint density at radius 3 is 2.53 bits per heavy atom. The summed E-state index contributed by atoms with van der Waals surface area (Å²) in [6.07, 6.45) is 2.14. The molecule has 0 aromatic heterocycles. The average Bonchev–Trinajstić information content (AvgIpc) is 2.35. The van der Waals surface area contributed by atoms with Crippen LogP contribution in [0.15, 0.2) is 18.2 Å². The van der Waals surface area contributed by atoms with Gasteiger partial charge in [-0.25, -0.2) is 0 Å². The third-order valence-corrected chi connectivity index (χ3v) is 2.70. The van der Waals surface area contributed by atoms with Crippen molar-refractivity contribution < 1.29 is 4.74 Å². The monoisotopic (exact) mass is 236 g/mol. The smallest absolute Gasteiger partial charge is 0.144 e. The molecule has 2 N–H and O–H groups in total. The van der Waals surface area contributed by atoms with Gasteiger partial charge in [-0.3, -0.25) is 0 Å². The van der Waals surface area contributed by atoms with Crippen molar-refractivity contribution in [3.8, 4) is 5.75 Å². The first-order valence-corrected chi connectivity index (χ1v) is 6.50. The molecule has 1 rings (SSSR count). The van der Waals surface area contributed by atoms with Gasteiger partial charge in [0.25, 0.3) is 0 Å². The Labute approximate surface area is 105 Å². The summed E-state index contributed by atoms with van der Waals surface area (Å²) >= 11 is 0. The summed E-state index contributed by atoms with van der Waals surface area (Å²) in [5.41, 5.74) is 7.81. The topological polar surface area (TPSA) is 38.5 Å². The standard InChI is InChI=1S/C14H24N2O/c1-4-9-16(6-3)12-7-8-13(15)14(11-12)17-10-5-2/h7-8,11H,4-6,9-10,15H2,1-3H3. The SMILES string of the molecule is CCCOc1cc(N(CC)CCC)ccc1N. The molecule has 0 fully saturated rings. The van der Waals surface area contributed by atoms with Gasteiger partial charge >= 0.3 is 0 Å². The number of nitrogens with two attached hydrogens (primary N) is 1. The summed E-state index contributed by atoms with van der Waals surface area (Å²) in [6.45, 7) is 9.23. The highest BCUT2D eigenvalue weighted by atomic mass is 16.5. The summed E-state index contributed by atoms with van der Waals surface area (Å²) in [7, 11) is 0. The Bertz CT molecular complexity index is 339. The van der Waals surface area contributed by atoms with E-state index in [4.69, 9.17) is 10.5 Å². The molecule has 96 valence electrons. The minimum Gasteiger partial charge on any atom is -0.491 e. The third kappa shape index (κ3) is 3.84. The van der Waals surface area contributed by atoms with Crippen molar-refractivity contribution in [3.05, 3.63) is 18.2 Å². The van der Waals surface area contributed by atoms with Crippen LogP contribution in [0.3, 0.4) is 0 Å². The van der Waals surface area contributed by atoms with Crippen molar-refractivity contribution in [1.29, 1.82) is 0 Å².